The Hall–Kier alpha value is -0.250. The first kappa shape index (κ1) is 11.2. The van der Waals surface area contributed by atoms with Crippen LogP contribution in [-0.2, 0) is 4.74 Å². The van der Waals surface area contributed by atoms with Gasteiger partial charge in [-0.1, -0.05) is 25.2 Å². The average molecular weight is 225 g/mol. The van der Waals surface area contributed by atoms with Crippen LogP contribution in [-0.4, -0.2) is 30.2 Å². The van der Waals surface area contributed by atoms with Gasteiger partial charge in [0, 0.05) is 10.9 Å². The molecular weight excluding hydrogens is 206 g/mol. The highest BCUT2D eigenvalue weighted by molar-refractivity contribution is 7.81. The average Bonchev–Trinajstić information content (AvgIpc) is 2.74. The molecule has 0 aromatic rings. The topological polar surface area (TPSA) is 21.3 Å². The molecular formula is C12H19NOS. The first-order chi connectivity index (χ1) is 7.33. The zero-order valence-corrected chi connectivity index (χ0v) is 10.1. The molecule has 1 N–H and O–H groups in total. The Balaban J connectivity index is 2.05. The normalized spacial score (nSPS) is 35.0. The van der Waals surface area contributed by atoms with Gasteiger partial charge >= 0.3 is 0 Å². The molecule has 2 heterocycles. The molecule has 0 aliphatic carbocycles. The molecule has 2 aliphatic rings. The molecule has 2 rings (SSSR count). The van der Waals surface area contributed by atoms with E-state index in [0.717, 1.165) is 30.9 Å². The predicted molar refractivity (Wildman–Crippen MR) is 66.4 cm³/mol. The summed E-state index contributed by atoms with van der Waals surface area (Å²) < 4.78 is 5.81. The van der Waals surface area contributed by atoms with Gasteiger partial charge in [-0.05, 0) is 37.8 Å². The van der Waals surface area contributed by atoms with Gasteiger partial charge in [-0.15, -0.1) is 0 Å². The molecule has 2 nitrogen and oxygen atoms in total. The monoisotopic (exact) mass is 225 g/mol. The van der Waals surface area contributed by atoms with Crippen LogP contribution in [0.1, 0.15) is 32.6 Å². The molecule has 2 fully saturated rings. The smallest absolute Gasteiger partial charge is 0.108 e. The molecule has 0 bridgehead atoms. The number of hydrogen-bond donors (Lipinski definition) is 1. The Labute approximate surface area is 97.1 Å². The Kier molecular flexibility index (Phi) is 3.89. The largest absolute Gasteiger partial charge is 0.371 e. The molecule has 2 aliphatic heterocycles. The number of nitrogens with one attached hydrogen (secondary N) is 1. The molecule has 3 heteroatoms. The van der Waals surface area contributed by atoms with Gasteiger partial charge in [-0.25, -0.2) is 0 Å². The van der Waals surface area contributed by atoms with Gasteiger partial charge < -0.3 is 10.1 Å². The zero-order chi connectivity index (χ0) is 10.7. The Morgan fingerprint density at radius 2 is 2.47 bits per heavy atom. The van der Waals surface area contributed by atoms with E-state index in [-0.39, 0.29) is 6.10 Å². The minimum atomic E-state index is 0.147. The summed E-state index contributed by atoms with van der Waals surface area (Å²) in [5.74, 6) is 0. The first-order valence-electron chi connectivity index (χ1n) is 5.91. The second kappa shape index (κ2) is 5.19. The van der Waals surface area contributed by atoms with Crippen molar-refractivity contribution in [3.63, 3.8) is 0 Å². The second-order valence-corrected chi connectivity index (χ2v) is 4.69. The Morgan fingerprint density at radius 1 is 1.60 bits per heavy atom. The minimum Gasteiger partial charge on any atom is -0.371 e. The highest BCUT2D eigenvalue weighted by Crippen LogP contribution is 2.23. The van der Waals surface area contributed by atoms with E-state index in [0.29, 0.717) is 6.04 Å². The molecule has 0 spiro atoms. The quantitative estimate of drug-likeness (QED) is 0.575. The number of thiocarbonyl (C=S) groups is 1. The number of ether oxygens (including phenoxy) is 1. The van der Waals surface area contributed by atoms with E-state index in [2.05, 4.69) is 18.3 Å². The van der Waals surface area contributed by atoms with E-state index in [4.69, 9.17) is 17.0 Å². The van der Waals surface area contributed by atoms with Gasteiger partial charge in [0.05, 0.1) is 6.61 Å². The SMILES string of the molecule is CC/C=C1/CCOC(C2CCCN2)C1=S. The number of hydrogen-bond acceptors (Lipinski definition) is 3. The van der Waals surface area contributed by atoms with Crippen molar-refractivity contribution in [2.45, 2.75) is 44.8 Å². The van der Waals surface area contributed by atoms with Crippen LogP contribution in [0.2, 0.25) is 0 Å². The third kappa shape index (κ3) is 2.47. The maximum absolute atomic E-state index is 5.81. The molecule has 2 saturated heterocycles. The standard InChI is InChI=1S/C12H19NOS/c1-2-4-9-6-8-14-11(12(9)15)10-5-3-7-13-10/h4,10-11,13H,2-3,5-8H2,1H3/b9-4-. The highest BCUT2D eigenvalue weighted by Gasteiger charge is 2.32. The number of allylic oxidation sites excluding steroid dienone is 1. The molecule has 2 unspecified atom stereocenters. The van der Waals surface area contributed by atoms with Crippen molar-refractivity contribution in [3.05, 3.63) is 11.6 Å². The van der Waals surface area contributed by atoms with Crippen molar-refractivity contribution in [1.29, 1.82) is 0 Å². The Morgan fingerprint density at radius 3 is 3.13 bits per heavy atom. The highest BCUT2D eigenvalue weighted by atomic mass is 32.1. The first-order valence-corrected chi connectivity index (χ1v) is 6.32. The van der Waals surface area contributed by atoms with Crippen molar-refractivity contribution in [2.75, 3.05) is 13.2 Å². The van der Waals surface area contributed by atoms with Crippen molar-refractivity contribution >= 4 is 17.1 Å². The molecule has 15 heavy (non-hydrogen) atoms. The molecule has 0 saturated carbocycles. The van der Waals surface area contributed by atoms with Crippen LogP contribution in [0, 0.1) is 0 Å². The molecule has 0 radical (unpaired) electrons. The van der Waals surface area contributed by atoms with E-state index in [9.17, 15) is 0 Å². The van der Waals surface area contributed by atoms with Crippen LogP contribution in [0.15, 0.2) is 11.6 Å². The third-order valence-electron chi connectivity index (χ3n) is 3.16. The predicted octanol–water partition coefficient (Wildman–Crippen LogP) is 2.23. The van der Waals surface area contributed by atoms with Crippen LogP contribution >= 0.6 is 12.2 Å². The molecule has 0 amide bonds. The lowest BCUT2D eigenvalue weighted by molar-refractivity contribution is 0.0712. The maximum Gasteiger partial charge on any atom is 0.108 e. The van der Waals surface area contributed by atoms with Crippen molar-refractivity contribution < 1.29 is 4.74 Å². The van der Waals surface area contributed by atoms with Crippen LogP contribution in [0.4, 0.5) is 0 Å². The summed E-state index contributed by atoms with van der Waals surface area (Å²) in [5.41, 5.74) is 1.34. The fourth-order valence-corrected chi connectivity index (χ4v) is 2.81. The summed E-state index contributed by atoms with van der Waals surface area (Å²) in [6, 6.07) is 0.457. The van der Waals surface area contributed by atoms with Crippen molar-refractivity contribution in [1.82, 2.24) is 5.32 Å². The van der Waals surface area contributed by atoms with E-state index in [1.807, 2.05) is 0 Å². The summed E-state index contributed by atoms with van der Waals surface area (Å²) in [6.07, 6.45) is 6.92. The fraction of sp³-hybridized carbons (Fsp3) is 0.750. The third-order valence-corrected chi connectivity index (χ3v) is 3.65. The number of rotatable bonds is 2. The van der Waals surface area contributed by atoms with Crippen LogP contribution in [0.25, 0.3) is 0 Å². The van der Waals surface area contributed by atoms with Gasteiger partial charge in [0.2, 0.25) is 0 Å². The van der Waals surface area contributed by atoms with Crippen molar-refractivity contribution in [3.8, 4) is 0 Å². The van der Waals surface area contributed by atoms with Crippen LogP contribution in [0.3, 0.4) is 0 Å². The van der Waals surface area contributed by atoms with Gasteiger partial charge in [0.15, 0.2) is 0 Å². The molecule has 2 atom stereocenters. The van der Waals surface area contributed by atoms with E-state index in [1.54, 1.807) is 0 Å². The van der Waals surface area contributed by atoms with E-state index in [1.165, 1.54) is 18.4 Å². The van der Waals surface area contributed by atoms with Crippen molar-refractivity contribution in [2.24, 2.45) is 0 Å². The van der Waals surface area contributed by atoms with Crippen LogP contribution in [0.5, 0.6) is 0 Å². The zero-order valence-electron chi connectivity index (χ0n) is 9.29. The molecule has 84 valence electrons. The maximum atomic E-state index is 5.81. The summed E-state index contributed by atoms with van der Waals surface area (Å²) >= 11 is 5.52. The lowest BCUT2D eigenvalue weighted by Crippen LogP contribution is -2.44. The summed E-state index contributed by atoms with van der Waals surface area (Å²) in [6.45, 7) is 4.10. The molecule has 0 aromatic carbocycles. The van der Waals surface area contributed by atoms with Gasteiger partial charge in [-0.3, -0.25) is 0 Å². The van der Waals surface area contributed by atoms with Gasteiger partial charge in [0.1, 0.15) is 6.10 Å². The lowest BCUT2D eigenvalue weighted by atomic mass is 9.95. The second-order valence-electron chi connectivity index (χ2n) is 4.25. The Bertz CT molecular complexity index is 269. The van der Waals surface area contributed by atoms with Crippen LogP contribution < -0.4 is 5.32 Å². The molecule has 0 aromatic heterocycles. The van der Waals surface area contributed by atoms with Gasteiger partial charge in [0.25, 0.3) is 0 Å². The van der Waals surface area contributed by atoms with E-state index >= 15 is 0 Å². The lowest BCUT2D eigenvalue weighted by Gasteiger charge is -2.30. The van der Waals surface area contributed by atoms with E-state index < -0.39 is 0 Å². The summed E-state index contributed by atoms with van der Waals surface area (Å²) in [5, 5.41) is 3.48. The fourth-order valence-electron chi connectivity index (χ4n) is 2.40. The summed E-state index contributed by atoms with van der Waals surface area (Å²) in [7, 11) is 0. The minimum absolute atomic E-state index is 0.147. The van der Waals surface area contributed by atoms with Gasteiger partial charge in [-0.2, -0.15) is 0 Å². The summed E-state index contributed by atoms with van der Waals surface area (Å²) in [4.78, 5) is 1.04.